The van der Waals surface area contributed by atoms with Crippen LogP contribution < -0.4 is 16.0 Å². The monoisotopic (exact) mass is 301 g/mol. The Morgan fingerprint density at radius 3 is 2.73 bits per heavy atom. The molecule has 0 spiro atoms. The van der Waals surface area contributed by atoms with Gasteiger partial charge in [-0.05, 0) is 49.4 Å². The van der Waals surface area contributed by atoms with Gasteiger partial charge in [-0.25, -0.2) is 4.79 Å². The van der Waals surface area contributed by atoms with Gasteiger partial charge in [-0.3, -0.25) is 4.79 Å². The first-order valence-electron chi connectivity index (χ1n) is 8.21. The van der Waals surface area contributed by atoms with E-state index in [1.807, 2.05) is 18.2 Å². The Morgan fingerprint density at radius 1 is 1.09 bits per heavy atom. The smallest absolute Gasteiger partial charge is 0.319 e. The first kappa shape index (κ1) is 14.9. The van der Waals surface area contributed by atoms with E-state index < -0.39 is 0 Å². The van der Waals surface area contributed by atoms with E-state index >= 15 is 0 Å². The quantitative estimate of drug-likeness (QED) is 0.783. The fourth-order valence-electron chi connectivity index (χ4n) is 3.25. The minimum absolute atomic E-state index is 0.0644. The second-order valence-electron chi connectivity index (χ2n) is 6.21. The van der Waals surface area contributed by atoms with Crippen molar-refractivity contribution in [3.63, 3.8) is 0 Å². The predicted octanol–water partition coefficient (Wildman–Crippen LogP) is 3.42. The molecule has 118 valence electrons. The van der Waals surface area contributed by atoms with E-state index in [4.69, 9.17) is 0 Å². The van der Waals surface area contributed by atoms with Crippen LogP contribution in [0.4, 0.5) is 16.2 Å². The number of urea groups is 1. The van der Waals surface area contributed by atoms with Gasteiger partial charge >= 0.3 is 6.03 Å². The molecule has 0 bridgehead atoms. The minimum atomic E-state index is -0.135. The van der Waals surface area contributed by atoms with E-state index in [1.165, 1.54) is 19.3 Å². The van der Waals surface area contributed by atoms with Crippen molar-refractivity contribution in [3.05, 3.63) is 23.8 Å². The number of hydrogen-bond donors (Lipinski definition) is 3. The van der Waals surface area contributed by atoms with E-state index in [2.05, 4.69) is 16.0 Å². The van der Waals surface area contributed by atoms with Gasteiger partial charge in [0.2, 0.25) is 5.91 Å². The molecule has 5 heteroatoms. The Morgan fingerprint density at radius 2 is 1.91 bits per heavy atom. The highest BCUT2D eigenvalue weighted by molar-refractivity contribution is 5.94. The largest absolute Gasteiger partial charge is 0.335 e. The highest BCUT2D eigenvalue weighted by Gasteiger charge is 2.17. The summed E-state index contributed by atoms with van der Waals surface area (Å²) in [6, 6.07) is 5.83. The molecule has 1 saturated carbocycles. The van der Waals surface area contributed by atoms with Gasteiger partial charge in [0.15, 0.2) is 0 Å². The Hall–Kier alpha value is -2.04. The Labute approximate surface area is 130 Å². The number of carbonyl (C=O) groups is 2. The average Bonchev–Trinajstić information content (AvgIpc) is 2.68. The maximum atomic E-state index is 12.1. The summed E-state index contributed by atoms with van der Waals surface area (Å²) in [5, 5.41) is 8.86. The predicted molar refractivity (Wildman–Crippen MR) is 87.0 cm³/mol. The molecule has 5 nitrogen and oxygen atoms in total. The number of fused-ring (bicyclic) bond motifs is 1. The number of anilines is 2. The summed E-state index contributed by atoms with van der Waals surface area (Å²) in [5.41, 5.74) is 2.73. The van der Waals surface area contributed by atoms with Crippen molar-refractivity contribution < 1.29 is 9.59 Å². The maximum absolute atomic E-state index is 12.1. The Balaban J connectivity index is 1.61. The second kappa shape index (κ2) is 6.81. The number of nitrogens with one attached hydrogen (secondary N) is 3. The van der Waals surface area contributed by atoms with Crippen LogP contribution in [0.3, 0.4) is 0 Å². The molecular weight excluding hydrogens is 278 g/mol. The third-order valence-corrected chi connectivity index (χ3v) is 4.43. The molecule has 0 saturated heterocycles. The van der Waals surface area contributed by atoms with Gasteiger partial charge in [0.05, 0.1) is 0 Å². The fourth-order valence-corrected chi connectivity index (χ4v) is 3.25. The van der Waals surface area contributed by atoms with Crippen LogP contribution >= 0.6 is 0 Å². The number of rotatable bonds is 2. The summed E-state index contributed by atoms with van der Waals surface area (Å²) in [5.74, 6) is 0.0644. The van der Waals surface area contributed by atoms with Crippen molar-refractivity contribution in [2.45, 2.75) is 57.4 Å². The van der Waals surface area contributed by atoms with E-state index in [9.17, 15) is 9.59 Å². The van der Waals surface area contributed by atoms with Gasteiger partial charge in [0, 0.05) is 23.8 Å². The maximum Gasteiger partial charge on any atom is 0.319 e. The molecule has 3 rings (SSSR count). The average molecular weight is 301 g/mol. The number of hydrogen-bond acceptors (Lipinski definition) is 2. The van der Waals surface area contributed by atoms with Crippen molar-refractivity contribution in [1.29, 1.82) is 0 Å². The highest BCUT2D eigenvalue weighted by Crippen LogP contribution is 2.25. The van der Waals surface area contributed by atoms with Crippen LogP contribution in [0.15, 0.2) is 18.2 Å². The Kier molecular flexibility index (Phi) is 4.61. The lowest BCUT2D eigenvalue weighted by Crippen LogP contribution is -2.39. The van der Waals surface area contributed by atoms with Crippen LogP contribution in [0.1, 0.15) is 50.5 Å². The second-order valence-corrected chi connectivity index (χ2v) is 6.21. The van der Waals surface area contributed by atoms with Crippen molar-refractivity contribution in [2.75, 3.05) is 10.6 Å². The fraction of sp³-hybridized carbons (Fsp3) is 0.529. The molecule has 22 heavy (non-hydrogen) atoms. The van der Waals surface area contributed by atoms with Crippen LogP contribution in [0.5, 0.6) is 0 Å². The van der Waals surface area contributed by atoms with Crippen molar-refractivity contribution in [2.24, 2.45) is 0 Å². The summed E-state index contributed by atoms with van der Waals surface area (Å²) in [7, 11) is 0. The molecule has 3 N–H and O–H groups in total. The van der Waals surface area contributed by atoms with Crippen molar-refractivity contribution >= 4 is 23.3 Å². The molecular formula is C17H23N3O2. The molecule has 1 aliphatic heterocycles. The van der Waals surface area contributed by atoms with Crippen LogP contribution in [-0.4, -0.2) is 18.0 Å². The molecule has 0 atom stereocenters. The normalized spacial score (nSPS) is 18.8. The summed E-state index contributed by atoms with van der Waals surface area (Å²) >= 11 is 0. The Bertz CT molecular complexity index is 565. The van der Waals surface area contributed by atoms with Crippen LogP contribution in [0.25, 0.3) is 0 Å². The lowest BCUT2D eigenvalue weighted by molar-refractivity contribution is -0.116. The standard InChI is InChI=1S/C17H23N3O2/c21-16-8-4-5-12-11-14(9-10-15(12)20-16)19-17(22)18-13-6-2-1-3-7-13/h9-11,13H,1-8H2,(H,20,21)(H2,18,19,22). The van der Waals surface area contributed by atoms with Gasteiger partial charge in [0.25, 0.3) is 0 Å². The molecule has 0 unspecified atom stereocenters. The molecule has 2 aliphatic rings. The van der Waals surface area contributed by atoms with Crippen molar-refractivity contribution in [1.82, 2.24) is 5.32 Å². The van der Waals surface area contributed by atoms with Gasteiger partial charge in [-0.15, -0.1) is 0 Å². The van der Waals surface area contributed by atoms with Gasteiger partial charge in [-0.1, -0.05) is 19.3 Å². The number of amides is 3. The van der Waals surface area contributed by atoms with E-state index in [1.54, 1.807) is 0 Å². The lowest BCUT2D eigenvalue weighted by atomic mass is 9.96. The third kappa shape index (κ3) is 3.78. The molecule has 0 radical (unpaired) electrons. The SMILES string of the molecule is O=C1CCCc2cc(NC(=O)NC3CCCCC3)ccc2N1. The van der Waals surface area contributed by atoms with Crippen LogP contribution in [0.2, 0.25) is 0 Å². The molecule has 0 aromatic heterocycles. The highest BCUT2D eigenvalue weighted by atomic mass is 16.2. The number of carbonyl (C=O) groups excluding carboxylic acids is 2. The number of benzene rings is 1. The van der Waals surface area contributed by atoms with E-state index in [0.29, 0.717) is 12.5 Å². The zero-order valence-corrected chi connectivity index (χ0v) is 12.8. The lowest BCUT2D eigenvalue weighted by Gasteiger charge is -2.23. The van der Waals surface area contributed by atoms with Crippen LogP contribution in [0, 0.1) is 0 Å². The van der Waals surface area contributed by atoms with E-state index in [-0.39, 0.29) is 11.9 Å². The molecule has 1 aliphatic carbocycles. The van der Waals surface area contributed by atoms with Gasteiger partial charge in [-0.2, -0.15) is 0 Å². The van der Waals surface area contributed by atoms with Crippen molar-refractivity contribution in [3.8, 4) is 0 Å². The van der Waals surface area contributed by atoms with Gasteiger partial charge < -0.3 is 16.0 Å². The first-order chi connectivity index (χ1) is 10.7. The molecule has 1 fully saturated rings. The zero-order chi connectivity index (χ0) is 15.4. The molecule has 1 aromatic carbocycles. The summed E-state index contributed by atoms with van der Waals surface area (Å²) in [6.45, 7) is 0. The number of aryl methyl sites for hydroxylation is 1. The van der Waals surface area contributed by atoms with Crippen LogP contribution in [-0.2, 0) is 11.2 Å². The van der Waals surface area contributed by atoms with Gasteiger partial charge in [0.1, 0.15) is 0 Å². The molecule has 3 amide bonds. The first-order valence-corrected chi connectivity index (χ1v) is 8.21. The summed E-state index contributed by atoms with van der Waals surface area (Å²) < 4.78 is 0. The minimum Gasteiger partial charge on any atom is -0.335 e. The summed E-state index contributed by atoms with van der Waals surface area (Å²) in [6.07, 6.45) is 8.07. The zero-order valence-electron chi connectivity index (χ0n) is 12.8. The topological polar surface area (TPSA) is 70.2 Å². The third-order valence-electron chi connectivity index (χ3n) is 4.43. The molecule has 1 heterocycles. The summed E-state index contributed by atoms with van der Waals surface area (Å²) in [4.78, 5) is 23.6. The van der Waals surface area contributed by atoms with E-state index in [0.717, 1.165) is 42.6 Å². The molecule has 1 aromatic rings.